The van der Waals surface area contributed by atoms with E-state index in [2.05, 4.69) is 10.4 Å². The first kappa shape index (κ1) is 16.3. The third-order valence-electron chi connectivity index (χ3n) is 3.86. The van der Waals surface area contributed by atoms with Gasteiger partial charge >= 0.3 is 0 Å². The predicted molar refractivity (Wildman–Crippen MR) is 94.2 cm³/mol. The van der Waals surface area contributed by atoms with Gasteiger partial charge in [-0.2, -0.15) is 5.10 Å². The van der Waals surface area contributed by atoms with E-state index in [0.717, 1.165) is 22.9 Å². The van der Waals surface area contributed by atoms with Crippen molar-refractivity contribution in [2.24, 2.45) is 0 Å². The smallest absolute Gasteiger partial charge is 0.221 e. The summed E-state index contributed by atoms with van der Waals surface area (Å²) in [5.41, 5.74) is 2.00. The first-order chi connectivity index (χ1) is 11.6. The van der Waals surface area contributed by atoms with Gasteiger partial charge < -0.3 is 10.4 Å². The molecule has 0 fully saturated rings. The van der Waals surface area contributed by atoms with Gasteiger partial charge in [0.15, 0.2) is 0 Å². The first-order valence-electron chi connectivity index (χ1n) is 7.78. The maximum absolute atomic E-state index is 12.0. The monoisotopic (exact) mass is 343 g/mol. The van der Waals surface area contributed by atoms with Gasteiger partial charge in [-0.1, -0.05) is 29.8 Å². The zero-order valence-corrected chi connectivity index (χ0v) is 13.8. The molecule has 124 valence electrons. The standard InChI is InChI=1S/C18H18ClN3O2/c19-16-2-1-3-17-15(16)12-21-22(17)11-9-18(24)20-10-8-13-4-6-14(23)7-5-13/h1-7,12,23H,8-11H2,(H,20,24). The summed E-state index contributed by atoms with van der Waals surface area (Å²) in [4.78, 5) is 12.0. The molecule has 0 bridgehead atoms. The molecule has 1 aromatic heterocycles. The normalized spacial score (nSPS) is 10.9. The van der Waals surface area contributed by atoms with Gasteiger partial charge in [0.25, 0.3) is 0 Å². The lowest BCUT2D eigenvalue weighted by Gasteiger charge is -2.07. The molecule has 0 aliphatic carbocycles. The minimum absolute atomic E-state index is 0.0144. The molecule has 0 unspecified atom stereocenters. The number of benzene rings is 2. The van der Waals surface area contributed by atoms with Gasteiger partial charge in [0.2, 0.25) is 5.91 Å². The Bertz CT molecular complexity index is 843. The molecule has 1 amide bonds. The number of carbonyl (C=O) groups is 1. The van der Waals surface area contributed by atoms with Crippen LogP contribution in [0.1, 0.15) is 12.0 Å². The van der Waals surface area contributed by atoms with Crippen molar-refractivity contribution in [2.75, 3.05) is 6.54 Å². The molecule has 1 heterocycles. The van der Waals surface area contributed by atoms with Crippen molar-refractivity contribution in [3.8, 4) is 5.75 Å². The number of aromatic hydroxyl groups is 1. The molecule has 6 heteroatoms. The Kier molecular flexibility index (Phi) is 5.01. The average molecular weight is 344 g/mol. The second-order valence-electron chi connectivity index (χ2n) is 5.56. The Labute approximate surface area is 144 Å². The van der Waals surface area contributed by atoms with Crippen molar-refractivity contribution in [3.05, 3.63) is 59.2 Å². The highest BCUT2D eigenvalue weighted by molar-refractivity contribution is 6.35. The molecule has 0 aliphatic heterocycles. The number of fused-ring (bicyclic) bond motifs is 1. The number of phenolic OH excluding ortho intramolecular Hbond substituents is 1. The summed E-state index contributed by atoms with van der Waals surface area (Å²) in [5, 5.41) is 18.0. The molecule has 0 atom stereocenters. The molecular weight excluding hydrogens is 326 g/mol. The zero-order valence-electron chi connectivity index (χ0n) is 13.1. The highest BCUT2D eigenvalue weighted by Gasteiger charge is 2.07. The van der Waals surface area contributed by atoms with E-state index in [9.17, 15) is 9.90 Å². The molecular formula is C18H18ClN3O2. The van der Waals surface area contributed by atoms with Crippen LogP contribution in [0.5, 0.6) is 5.75 Å². The Morgan fingerprint density at radius 2 is 2.00 bits per heavy atom. The Morgan fingerprint density at radius 3 is 2.79 bits per heavy atom. The summed E-state index contributed by atoms with van der Waals surface area (Å²) in [6.45, 7) is 1.07. The molecule has 5 nitrogen and oxygen atoms in total. The van der Waals surface area contributed by atoms with Gasteiger partial charge in [-0.05, 0) is 36.2 Å². The lowest BCUT2D eigenvalue weighted by Crippen LogP contribution is -2.26. The molecule has 3 rings (SSSR count). The number of hydrogen-bond donors (Lipinski definition) is 2. The fourth-order valence-corrected chi connectivity index (χ4v) is 2.77. The third-order valence-corrected chi connectivity index (χ3v) is 4.19. The maximum atomic E-state index is 12.0. The lowest BCUT2D eigenvalue weighted by atomic mass is 10.1. The Hall–Kier alpha value is -2.53. The molecule has 0 saturated carbocycles. The molecule has 2 N–H and O–H groups in total. The number of rotatable bonds is 6. The van der Waals surface area contributed by atoms with Crippen LogP contribution in [-0.4, -0.2) is 27.3 Å². The van der Waals surface area contributed by atoms with E-state index >= 15 is 0 Å². The van der Waals surface area contributed by atoms with E-state index in [4.69, 9.17) is 11.6 Å². The van der Waals surface area contributed by atoms with Crippen LogP contribution in [0.15, 0.2) is 48.7 Å². The molecule has 0 spiro atoms. The van der Waals surface area contributed by atoms with E-state index in [1.165, 1.54) is 0 Å². The van der Waals surface area contributed by atoms with Crippen LogP contribution >= 0.6 is 11.6 Å². The summed E-state index contributed by atoms with van der Waals surface area (Å²) in [7, 11) is 0. The second-order valence-corrected chi connectivity index (χ2v) is 5.96. The van der Waals surface area contributed by atoms with E-state index in [1.807, 2.05) is 30.3 Å². The van der Waals surface area contributed by atoms with Gasteiger partial charge in [-0.15, -0.1) is 0 Å². The average Bonchev–Trinajstić information content (AvgIpc) is 2.99. The summed E-state index contributed by atoms with van der Waals surface area (Å²) < 4.78 is 1.79. The Morgan fingerprint density at radius 1 is 1.21 bits per heavy atom. The second kappa shape index (κ2) is 7.36. The van der Waals surface area contributed by atoms with Crippen LogP contribution in [0.3, 0.4) is 0 Å². The highest BCUT2D eigenvalue weighted by atomic mass is 35.5. The molecule has 24 heavy (non-hydrogen) atoms. The third kappa shape index (κ3) is 3.86. The van der Waals surface area contributed by atoms with Crippen molar-refractivity contribution in [2.45, 2.75) is 19.4 Å². The van der Waals surface area contributed by atoms with E-state index in [0.29, 0.717) is 24.5 Å². The van der Waals surface area contributed by atoms with Crippen LogP contribution in [0, 0.1) is 0 Å². The largest absolute Gasteiger partial charge is 0.508 e. The number of nitrogens with one attached hydrogen (secondary N) is 1. The number of aromatic nitrogens is 2. The Balaban J connectivity index is 1.48. The summed E-state index contributed by atoms with van der Waals surface area (Å²) in [5.74, 6) is 0.230. The summed E-state index contributed by atoms with van der Waals surface area (Å²) in [6.07, 6.45) is 2.81. The van der Waals surface area contributed by atoms with Crippen molar-refractivity contribution in [3.63, 3.8) is 0 Å². The van der Waals surface area contributed by atoms with Crippen LogP contribution in [0.2, 0.25) is 5.02 Å². The fourth-order valence-electron chi connectivity index (χ4n) is 2.55. The SMILES string of the molecule is O=C(CCn1ncc2c(Cl)cccc21)NCCc1ccc(O)cc1. The minimum atomic E-state index is -0.0144. The van der Waals surface area contributed by atoms with E-state index in [-0.39, 0.29) is 11.7 Å². The number of halogens is 1. The van der Waals surface area contributed by atoms with Gasteiger partial charge in [0, 0.05) is 18.4 Å². The number of nitrogens with zero attached hydrogens (tertiary/aromatic N) is 2. The first-order valence-corrected chi connectivity index (χ1v) is 8.16. The van der Waals surface area contributed by atoms with Crippen molar-refractivity contribution in [1.29, 1.82) is 0 Å². The van der Waals surface area contributed by atoms with E-state index < -0.39 is 0 Å². The predicted octanol–water partition coefficient (Wildman–Crippen LogP) is 3.14. The molecule has 3 aromatic rings. The molecule has 0 radical (unpaired) electrons. The highest BCUT2D eigenvalue weighted by Crippen LogP contribution is 2.22. The van der Waals surface area contributed by atoms with Crippen LogP contribution in [-0.2, 0) is 17.8 Å². The fraction of sp³-hybridized carbons (Fsp3) is 0.222. The minimum Gasteiger partial charge on any atom is -0.508 e. The van der Waals surface area contributed by atoms with Crippen LogP contribution in [0.25, 0.3) is 10.9 Å². The topological polar surface area (TPSA) is 67.2 Å². The van der Waals surface area contributed by atoms with Crippen molar-refractivity contribution in [1.82, 2.24) is 15.1 Å². The van der Waals surface area contributed by atoms with Gasteiger partial charge in [0.05, 0.1) is 23.3 Å². The number of amides is 1. The van der Waals surface area contributed by atoms with Crippen molar-refractivity contribution < 1.29 is 9.90 Å². The van der Waals surface area contributed by atoms with Crippen molar-refractivity contribution >= 4 is 28.4 Å². The molecule has 2 aromatic carbocycles. The number of hydrogen-bond acceptors (Lipinski definition) is 3. The van der Waals surface area contributed by atoms with Gasteiger partial charge in [0.1, 0.15) is 5.75 Å². The molecule has 0 saturated heterocycles. The van der Waals surface area contributed by atoms with Gasteiger partial charge in [-0.25, -0.2) is 0 Å². The summed E-state index contributed by atoms with van der Waals surface area (Å²) in [6, 6.07) is 12.6. The van der Waals surface area contributed by atoms with E-state index in [1.54, 1.807) is 23.0 Å². The van der Waals surface area contributed by atoms with Crippen LogP contribution < -0.4 is 5.32 Å². The number of carbonyl (C=O) groups excluding carboxylic acids is 1. The lowest BCUT2D eigenvalue weighted by molar-refractivity contribution is -0.121. The maximum Gasteiger partial charge on any atom is 0.221 e. The number of phenols is 1. The summed E-state index contributed by atoms with van der Waals surface area (Å²) >= 11 is 6.12. The zero-order chi connectivity index (χ0) is 16.9. The van der Waals surface area contributed by atoms with Crippen LogP contribution in [0.4, 0.5) is 0 Å². The molecule has 0 aliphatic rings. The van der Waals surface area contributed by atoms with Gasteiger partial charge in [-0.3, -0.25) is 9.48 Å². The quantitative estimate of drug-likeness (QED) is 0.722. The number of aryl methyl sites for hydroxylation is 1.